The van der Waals surface area contributed by atoms with Crippen LogP contribution in [-0.4, -0.2) is 26.2 Å². The van der Waals surface area contributed by atoms with Gasteiger partial charge in [-0.2, -0.15) is 0 Å². The molecule has 0 radical (unpaired) electrons. The van der Waals surface area contributed by atoms with Gasteiger partial charge in [-0.25, -0.2) is 4.99 Å². The number of hydrogen-bond donors (Lipinski definition) is 1. The minimum absolute atomic E-state index is 0.289. The zero-order valence-electron chi connectivity index (χ0n) is 17.9. The predicted molar refractivity (Wildman–Crippen MR) is 126 cm³/mol. The van der Waals surface area contributed by atoms with Crippen molar-refractivity contribution in [2.45, 2.75) is 27.2 Å². The molecule has 0 fully saturated rings. The molecular weight excluding hydrogens is 380 g/mol. The van der Waals surface area contributed by atoms with E-state index in [1.165, 1.54) is 0 Å². The van der Waals surface area contributed by atoms with Crippen LogP contribution in [0.25, 0.3) is 0 Å². The average molecular weight is 413 g/mol. The van der Waals surface area contributed by atoms with Gasteiger partial charge in [0.2, 0.25) is 0 Å². The molecule has 0 aromatic carbocycles. The van der Waals surface area contributed by atoms with Gasteiger partial charge in [0, 0.05) is 18.5 Å². The number of hydrogen-bond acceptors (Lipinski definition) is 5. The highest BCUT2D eigenvalue weighted by Crippen LogP contribution is 2.15. The van der Waals surface area contributed by atoms with Crippen molar-refractivity contribution in [2.75, 3.05) is 20.5 Å². The first-order chi connectivity index (χ1) is 14.1. The molecule has 1 rings (SSSR count). The summed E-state index contributed by atoms with van der Waals surface area (Å²) in [7, 11) is 1.61. The Bertz CT molecular complexity index is 782. The molecule has 0 amide bonds. The molecular formula is C24H32N2O2S. The van der Waals surface area contributed by atoms with Gasteiger partial charge in [-0.1, -0.05) is 43.9 Å². The maximum Gasteiger partial charge on any atom is 0.146 e. The van der Waals surface area contributed by atoms with Gasteiger partial charge in [-0.05, 0) is 56.0 Å². The summed E-state index contributed by atoms with van der Waals surface area (Å²) in [5.74, 6) is 0. The van der Waals surface area contributed by atoms with Crippen molar-refractivity contribution in [3.63, 3.8) is 0 Å². The molecule has 0 aliphatic rings. The fraction of sp³-hybridized carbons (Fsp3) is 0.292. The van der Waals surface area contributed by atoms with Crippen LogP contribution in [0.5, 0.6) is 0 Å². The van der Waals surface area contributed by atoms with E-state index in [1.54, 1.807) is 24.5 Å². The molecule has 0 atom stereocenters. The Hall–Kier alpha value is -2.47. The van der Waals surface area contributed by atoms with Crippen LogP contribution in [0, 0.1) is 0 Å². The van der Waals surface area contributed by atoms with Gasteiger partial charge < -0.3 is 14.8 Å². The topological polar surface area (TPSA) is 42.9 Å². The van der Waals surface area contributed by atoms with Gasteiger partial charge in [-0.3, -0.25) is 0 Å². The number of allylic oxidation sites excluding steroid dienone is 8. The van der Waals surface area contributed by atoms with Crippen molar-refractivity contribution >= 4 is 17.0 Å². The minimum atomic E-state index is 0.289. The highest BCUT2D eigenvalue weighted by molar-refractivity contribution is 7.12. The largest absolute Gasteiger partial charge is 0.359 e. The highest BCUT2D eigenvalue weighted by atomic mass is 32.1. The van der Waals surface area contributed by atoms with Crippen LogP contribution in [0.3, 0.4) is 0 Å². The molecule has 0 spiro atoms. The van der Waals surface area contributed by atoms with Crippen molar-refractivity contribution < 1.29 is 9.47 Å². The third kappa shape index (κ3) is 10.6. The first-order valence-electron chi connectivity index (χ1n) is 9.61. The van der Waals surface area contributed by atoms with Gasteiger partial charge in [0.15, 0.2) is 0 Å². The Morgan fingerprint density at radius 3 is 2.79 bits per heavy atom. The Kier molecular flexibility index (Phi) is 13.1. The standard InChI is InChI=1S/C24H32N2O2S/c1-6-11-21(12-7-2)26-23(24-15-10-17-29-24)18-20(4)25-22(13-8-3)14-9-16-28-19-27-5/h6-7,9-15,17-18,25H,1,8,16,19H2,2-5H3/b12-7-,14-9-,20-18+,21-11+,22-13+,26-23-. The van der Waals surface area contributed by atoms with Crippen LogP contribution in [-0.2, 0) is 9.47 Å². The molecule has 0 aliphatic carbocycles. The van der Waals surface area contributed by atoms with Gasteiger partial charge in [0.25, 0.3) is 0 Å². The molecule has 1 N–H and O–H groups in total. The summed E-state index contributed by atoms with van der Waals surface area (Å²) >= 11 is 1.66. The Morgan fingerprint density at radius 1 is 1.34 bits per heavy atom. The summed E-state index contributed by atoms with van der Waals surface area (Å²) in [6.07, 6.45) is 16.7. The molecule has 0 saturated carbocycles. The van der Waals surface area contributed by atoms with Gasteiger partial charge >= 0.3 is 0 Å². The Balaban J connectivity index is 3.06. The monoisotopic (exact) mass is 412 g/mol. The van der Waals surface area contributed by atoms with Crippen molar-refractivity contribution in [2.24, 2.45) is 4.99 Å². The molecule has 29 heavy (non-hydrogen) atoms. The van der Waals surface area contributed by atoms with Crippen molar-refractivity contribution in [1.29, 1.82) is 0 Å². The molecule has 5 heteroatoms. The van der Waals surface area contributed by atoms with E-state index in [2.05, 4.69) is 42.4 Å². The van der Waals surface area contributed by atoms with E-state index < -0.39 is 0 Å². The van der Waals surface area contributed by atoms with Crippen molar-refractivity contribution in [3.05, 3.63) is 94.7 Å². The second-order valence-electron chi connectivity index (χ2n) is 6.00. The lowest BCUT2D eigenvalue weighted by Crippen LogP contribution is -2.11. The first kappa shape index (κ1) is 24.6. The van der Waals surface area contributed by atoms with Crippen molar-refractivity contribution in [3.8, 4) is 0 Å². The third-order valence-corrected chi connectivity index (χ3v) is 4.37. The van der Waals surface area contributed by atoms with E-state index in [9.17, 15) is 0 Å². The van der Waals surface area contributed by atoms with E-state index in [0.717, 1.165) is 34.1 Å². The van der Waals surface area contributed by atoms with Crippen LogP contribution in [0.2, 0.25) is 0 Å². The van der Waals surface area contributed by atoms with Gasteiger partial charge in [0.1, 0.15) is 6.79 Å². The van der Waals surface area contributed by atoms with Crippen LogP contribution in [0.15, 0.2) is 94.8 Å². The number of methoxy groups -OCH3 is 1. The summed E-state index contributed by atoms with van der Waals surface area (Å²) in [6.45, 7) is 10.7. The van der Waals surface area contributed by atoms with E-state index in [-0.39, 0.29) is 6.79 Å². The molecule has 0 aliphatic heterocycles. The number of rotatable bonds is 13. The Morgan fingerprint density at radius 2 is 2.17 bits per heavy atom. The predicted octanol–water partition coefficient (Wildman–Crippen LogP) is 6.15. The van der Waals surface area contributed by atoms with Crippen LogP contribution >= 0.6 is 11.3 Å². The summed E-state index contributed by atoms with van der Waals surface area (Å²) in [5, 5.41) is 5.51. The molecule has 0 saturated heterocycles. The Labute approximate surface area is 179 Å². The molecule has 1 aromatic heterocycles. The lowest BCUT2D eigenvalue weighted by molar-refractivity contribution is -0.0186. The zero-order valence-corrected chi connectivity index (χ0v) is 18.7. The summed E-state index contributed by atoms with van der Waals surface area (Å²) in [5.41, 5.74) is 3.77. The lowest BCUT2D eigenvalue weighted by Gasteiger charge is -2.09. The zero-order chi connectivity index (χ0) is 21.3. The highest BCUT2D eigenvalue weighted by Gasteiger charge is 2.04. The summed E-state index contributed by atoms with van der Waals surface area (Å²) in [6, 6.07) is 4.11. The van der Waals surface area contributed by atoms with E-state index >= 15 is 0 Å². The molecule has 1 aromatic rings. The van der Waals surface area contributed by atoms with Crippen LogP contribution in [0.4, 0.5) is 0 Å². The molecule has 0 bridgehead atoms. The minimum Gasteiger partial charge on any atom is -0.359 e. The van der Waals surface area contributed by atoms with E-state index in [4.69, 9.17) is 14.5 Å². The molecule has 1 heterocycles. The first-order valence-corrected chi connectivity index (χ1v) is 10.5. The second kappa shape index (κ2) is 15.5. The maximum atomic E-state index is 5.30. The van der Waals surface area contributed by atoms with Gasteiger partial charge in [0.05, 0.1) is 22.9 Å². The normalized spacial score (nSPS) is 14.2. The summed E-state index contributed by atoms with van der Waals surface area (Å²) in [4.78, 5) is 5.94. The number of aliphatic imine (C=N–C) groups is 1. The summed E-state index contributed by atoms with van der Waals surface area (Å²) < 4.78 is 10.2. The SMILES string of the molecule is C=C/C=C(\C=C/C)/N=C(/C=C(\C)NC(/C=C\COCOC)=C/CC)c1cccs1. The number of ether oxygens (including phenoxy) is 2. The van der Waals surface area contributed by atoms with Gasteiger partial charge in [-0.15, -0.1) is 11.3 Å². The molecule has 0 unspecified atom stereocenters. The molecule has 156 valence electrons. The molecule has 4 nitrogen and oxygen atoms in total. The number of nitrogens with one attached hydrogen (secondary N) is 1. The maximum absolute atomic E-state index is 5.30. The fourth-order valence-corrected chi connectivity index (χ4v) is 3.05. The third-order valence-electron chi connectivity index (χ3n) is 3.48. The van der Waals surface area contributed by atoms with Crippen LogP contribution in [0.1, 0.15) is 32.1 Å². The fourth-order valence-electron chi connectivity index (χ4n) is 2.37. The van der Waals surface area contributed by atoms with E-state index in [0.29, 0.717) is 6.61 Å². The quantitative estimate of drug-likeness (QED) is 0.183. The van der Waals surface area contributed by atoms with Crippen LogP contribution < -0.4 is 5.32 Å². The van der Waals surface area contributed by atoms with E-state index in [1.807, 2.05) is 50.3 Å². The number of nitrogens with zero attached hydrogens (tertiary/aromatic N) is 1. The average Bonchev–Trinajstić information content (AvgIpc) is 3.22. The second-order valence-corrected chi connectivity index (χ2v) is 6.95. The van der Waals surface area contributed by atoms with Crippen molar-refractivity contribution in [1.82, 2.24) is 5.32 Å². The number of thiophene rings is 1. The lowest BCUT2D eigenvalue weighted by atomic mass is 10.2. The smallest absolute Gasteiger partial charge is 0.146 e.